The van der Waals surface area contributed by atoms with E-state index in [9.17, 15) is 0 Å². The van der Waals surface area contributed by atoms with Crippen molar-refractivity contribution in [3.05, 3.63) is 20.8 Å². The lowest BCUT2D eigenvalue weighted by atomic mass is 10.1. The molecule has 0 aliphatic heterocycles. The molecule has 0 spiro atoms. The van der Waals surface area contributed by atoms with Gasteiger partial charge >= 0.3 is 0 Å². The molecule has 1 N–H and O–H groups in total. The quantitative estimate of drug-likeness (QED) is 0.808. The molecule has 1 heterocycles. The van der Waals surface area contributed by atoms with Crippen LogP contribution in [-0.4, -0.2) is 6.54 Å². The van der Waals surface area contributed by atoms with Crippen LogP contribution in [-0.2, 0) is 0 Å². The number of thiophene rings is 1. The van der Waals surface area contributed by atoms with Crippen molar-refractivity contribution in [2.24, 2.45) is 0 Å². The zero-order chi connectivity index (χ0) is 11.1. The second-order valence-corrected chi connectivity index (χ2v) is 5.01. The summed E-state index contributed by atoms with van der Waals surface area (Å²) in [5, 5.41) is 5.62. The van der Waals surface area contributed by atoms with Crippen LogP contribution in [0.15, 0.2) is 15.9 Å². The van der Waals surface area contributed by atoms with Gasteiger partial charge in [0.2, 0.25) is 0 Å². The van der Waals surface area contributed by atoms with Crippen LogP contribution < -0.4 is 5.32 Å². The Morgan fingerprint density at radius 2 is 2.40 bits per heavy atom. The minimum absolute atomic E-state index is 0.435. The van der Waals surface area contributed by atoms with Gasteiger partial charge < -0.3 is 5.32 Å². The van der Waals surface area contributed by atoms with E-state index in [2.05, 4.69) is 51.5 Å². The van der Waals surface area contributed by atoms with Crippen LogP contribution in [0.5, 0.6) is 0 Å². The Kier molecular flexibility index (Phi) is 6.00. The zero-order valence-electron chi connectivity index (χ0n) is 9.14. The first-order valence-electron chi connectivity index (χ1n) is 5.15. The van der Waals surface area contributed by atoms with Crippen molar-refractivity contribution in [3.8, 4) is 11.8 Å². The second-order valence-electron chi connectivity index (χ2n) is 3.21. The molecular formula is C12H16BrNS. The highest BCUT2D eigenvalue weighted by molar-refractivity contribution is 9.10. The van der Waals surface area contributed by atoms with E-state index in [1.807, 2.05) is 6.92 Å². The lowest BCUT2D eigenvalue weighted by Gasteiger charge is -2.15. The van der Waals surface area contributed by atoms with Gasteiger partial charge in [-0.2, -0.15) is 0 Å². The number of halogens is 1. The molecule has 15 heavy (non-hydrogen) atoms. The van der Waals surface area contributed by atoms with E-state index in [0.29, 0.717) is 6.04 Å². The van der Waals surface area contributed by atoms with Gasteiger partial charge in [0.15, 0.2) is 0 Å². The largest absolute Gasteiger partial charge is 0.309 e. The summed E-state index contributed by atoms with van der Waals surface area (Å²) < 4.78 is 1.21. The highest BCUT2D eigenvalue weighted by Crippen LogP contribution is 2.31. The molecule has 0 aliphatic rings. The second kappa shape index (κ2) is 7.05. The summed E-state index contributed by atoms with van der Waals surface area (Å²) in [7, 11) is 0. The summed E-state index contributed by atoms with van der Waals surface area (Å²) in [6, 6.07) is 2.54. The highest BCUT2D eigenvalue weighted by atomic mass is 79.9. The Morgan fingerprint density at radius 1 is 1.60 bits per heavy atom. The van der Waals surface area contributed by atoms with Crippen molar-refractivity contribution in [3.63, 3.8) is 0 Å². The number of hydrogen-bond acceptors (Lipinski definition) is 2. The van der Waals surface area contributed by atoms with E-state index in [-0.39, 0.29) is 0 Å². The van der Waals surface area contributed by atoms with Crippen LogP contribution in [0.4, 0.5) is 0 Å². The fourth-order valence-electron chi connectivity index (χ4n) is 1.47. The molecule has 1 atom stereocenters. The molecule has 0 aliphatic carbocycles. The molecular weight excluding hydrogens is 270 g/mol. The first-order valence-corrected chi connectivity index (χ1v) is 6.82. The highest BCUT2D eigenvalue weighted by Gasteiger charge is 2.13. The van der Waals surface area contributed by atoms with Gasteiger partial charge in [0.1, 0.15) is 0 Å². The van der Waals surface area contributed by atoms with E-state index in [1.165, 1.54) is 9.35 Å². The van der Waals surface area contributed by atoms with Gasteiger partial charge in [-0.1, -0.05) is 6.92 Å². The third-order valence-electron chi connectivity index (χ3n) is 2.15. The Hall–Kier alpha value is -0.300. The van der Waals surface area contributed by atoms with Gasteiger partial charge in [-0.25, -0.2) is 0 Å². The molecule has 0 bridgehead atoms. The monoisotopic (exact) mass is 285 g/mol. The van der Waals surface area contributed by atoms with Crippen molar-refractivity contribution < 1.29 is 0 Å². The first kappa shape index (κ1) is 12.8. The summed E-state index contributed by atoms with van der Waals surface area (Å²) in [4.78, 5) is 1.38. The van der Waals surface area contributed by atoms with E-state index in [0.717, 1.165) is 19.4 Å². The van der Waals surface area contributed by atoms with Crippen molar-refractivity contribution in [1.29, 1.82) is 0 Å². The minimum Gasteiger partial charge on any atom is -0.309 e. The third kappa shape index (κ3) is 3.98. The molecule has 0 fully saturated rings. The molecule has 1 unspecified atom stereocenters. The molecule has 1 nitrogen and oxygen atoms in total. The predicted molar refractivity (Wildman–Crippen MR) is 71.1 cm³/mol. The van der Waals surface area contributed by atoms with E-state index >= 15 is 0 Å². The predicted octanol–water partition coefficient (Wildman–Crippen LogP) is 3.96. The van der Waals surface area contributed by atoms with Gasteiger partial charge in [-0.15, -0.1) is 23.2 Å². The molecule has 0 radical (unpaired) electrons. The maximum Gasteiger partial charge on any atom is 0.0435 e. The molecule has 3 heteroatoms. The Bertz CT molecular complexity index is 348. The number of nitrogens with one attached hydrogen (secondary N) is 1. The fourth-order valence-corrected chi connectivity index (χ4v) is 3.23. The third-order valence-corrected chi connectivity index (χ3v) is 4.13. The van der Waals surface area contributed by atoms with Crippen LogP contribution in [0.25, 0.3) is 0 Å². The van der Waals surface area contributed by atoms with Crippen molar-refractivity contribution in [1.82, 2.24) is 5.32 Å². The molecule has 1 aromatic rings. The van der Waals surface area contributed by atoms with Crippen molar-refractivity contribution >= 4 is 27.3 Å². The van der Waals surface area contributed by atoms with Gasteiger partial charge in [0.25, 0.3) is 0 Å². The lowest BCUT2D eigenvalue weighted by Crippen LogP contribution is -2.20. The van der Waals surface area contributed by atoms with E-state index < -0.39 is 0 Å². The smallest absolute Gasteiger partial charge is 0.0435 e. The van der Waals surface area contributed by atoms with Gasteiger partial charge in [0, 0.05) is 21.8 Å². The molecule has 82 valence electrons. The summed E-state index contributed by atoms with van der Waals surface area (Å²) >= 11 is 5.38. The topological polar surface area (TPSA) is 12.0 Å². The maximum atomic E-state index is 3.58. The summed E-state index contributed by atoms with van der Waals surface area (Å²) in [6.07, 6.45) is 2.03. The average molecular weight is 286 g/mol. The maximum absolute atomic E-state index is 3.58. The summed E-state index contributed by atoms with van der Waals surface area (Å²) in [6.45, 7) is 5.03. The minimum atomic E-state index is 0.435. The summed E-state index contributed by atoms with van der Waals surface area (Å²) in [5.41, 5.74) is 0. The standard InChI is InChI=1S/C12H16BrNS/c1-3-5-6-7-11(14-4-2)12-10(13)8-9-15-12/h8-9,11,14H,4,6-7H2,1-2H3. The van der Waals surface area contributed by atoms with Crippen molar-refractivity contribution in [2.75, 3.05) is 6.54 Å². The van der Waals surface area contributed by atoms with Crippen LogP contribution in [0.2, 0.25) is 0 Å². The Morgan fingerprint density at radius 3 is 2.93 bits per heavy atom. The van der Waals surface area contributed by atoms with Gasteiger partial charge in [0.05, 0.1) is 0 Å². The van der Waals surface area contributed by atoms with Crippen LogP contribution in [0.1, 0.15) is 37.6 Å². The molecule has 1 rings (SSSR count). The zero-order valence-corrected chi connectivity index (χ0v) is 11.5. The molecule has 0 aromatic carbocycles. The normalized spacial score (nSPS) is 11.9. The van der Waals surface area contributed by atoms with Gasteiger partial charge in [-0.3, -0.25) is 0 Å². The Balaban J connectivity index is 2.64. The average Bonchev–Trinajstić information content (AvgIpc) is 2.64. The van der Waals surface area contributed by atoms with Crippen LogP contribution in [0, 0.1) is 11.8 Å². The Labute approximate surface area is 104 Å². The number of hydrogen-bond donors (Lipinski definition) is 1. The molecule has 0 amide bonds. The number of rotatable bonds is 5. The van der Waals surface area contributed by atoms with E-state index in [4.69, 9.17) is 0 Å². The lowest BCUT2D eigenvalue weighted by molar-refractivity contribution is 0.529. The van der Waals surface area contributed by atoms with Crippen molar-refractivity contribution in [2.45, 2.75) is 32.7 Å². The van der Waals surface area contributed by atoms with E-state index in [1.54, 1.807) is 11.3 Å². The SMILES string of the molecule is CC#CCCC(NCC)c1sccc1Br. The molecule has 0 saturated carbocycles. The summed E-state index contributed by atoms with van der Waals surface area (Å²) in [5.74, 6) is 6.06. The first-order chi connectivity index (χ1) is 7.29. The van der Waals surface area contributed by atoms with Crippen LogP contribution >= 0.6 is 27.3 Å². The fraction of sp³-hybridized carbons (Fsp3) is 0.500. The molecule has 0 saturated heterocycles. The van der Waals surface area contributed by atoms with Crippen LogP contribution in [0.3, 0.4) is 0 Å². The van der Waals surface area contributed by atoms with Gasteiger partial charge in [-0.05, 0) is 47.3 Å². The molecule has 1 aromatic heterocycles.